The van der Waals surface area contributed by atoms with Crippen molar-refractivity contribution in [3.8, 4) is 0 Å². The van der Waals surface area contributed by atoms with E-state index >= 15 is 0 Å². The fraction of sp³-hybridized carbons (Fsp3) is 0.600. The van der Waals surface area contributed by atoms with Crippen LogP contribution in [0.15, 0.2) is 0 Å². The molecule has 0 amide bonds. The third kappa shape index (κ3) is 3.96. The predicted molar refractivity (Wildman–Crippen MR) is 25.9 cm³/mol. The van der Waals surface area contributed by atoms with Gasteiger partial charge in [0.1, 0.15) is 0 Å². The minimum absolute atomic E-state index is 0.924. The molecule has 0 bridgehead atoms. The van der Waals surface area contributed by atoms with Gasteiger partial charge in [0.2, 0.25) is 0 Å². The molecule has 0 fully saturated rings. The van der Waals surface area contributed by atoms with Crippen LogP contribution in [0.5, 0.6) is 0 Å². The monoisotopic (exact) mass is 86.1 g/mol. The normalized spacial score (nSPS) is 9.00. The van der Waals surface area contributed by atoms with Crippen LogP contribution in [0, 0.1) is 13.5 Å². The molecule has 0 heterocycles. The molecule has 0 unspecified atom stereocenters. The number of methoxy groups -OCH3 is 1. The molecule has 0 spiro atoms. The summed E-state index contributed by atoms with van der Waals surface area (Å²) in [6, 6.07) is 0. The number of ether oxygens (including phenoxy) is 1. The molecule has 0 aromatic carbocycles. The van der Waals surface area contributed by atoms with Crippen molar-refractivity contribution in [1.82, 2.24) is 0 Å². The Balaban J connectivity index is 2.34. The van der Waals surface area contributed by atoms with E-state index in [1.807, 2.05) is 0 Å². The van der Waals surface area contributed by atoms with Crippen LogP contribution in [0.3, 0.4) is 0 Å². The van der Waals surface area contributed by atoms with Gasteiger partial charge < -0.3 is 4.74 Å². The van der Waals surface area contributed by atoms with Crippen molar-refractivity contribution >= 4 is 0 Å². The Kier molecular flexibility index (Phi) is 4.93. The molecule has 0 aliphatic heterocycles. The summed E-state index contributed by atoms with van der Waals surface area (Å²) >= 11 is 0. The summed E-state index contributed by atoms with van der Waals surface area (Å²) in [7, 11) is 1.65. The fourth-order valence-corrected chi connectivity index (χ4v) is 0.201. The van der Waals surface area contributed by atoms with Crippen LogP contribution in [-0.4, -0.2) is 7.11 Å². The van der Waals surface area contributed by atoms with Crippen LogP contribution in [0.4, 0.5) is 0 Å². The number of rotatable bonds is 3. The molecular formula is C5H10O. The van der Waals surface area contributed by atoms with Crippen molar-refractivity contribution in [2.75, 3.05) is 7.11 Å². The predicted octanol–water partition coefficient (Wildman–Crippen LogP) is 1.41. The third-order valence-corrected chi connectivity index (χ3v) is 0.489. The van der Waals surface area contributed by atoms with Crippen LogP contribution < -0.4 is 0 Å². The molecule has 0 atom stereocenters. The summed E-state index contributed by atoms with van der Waals surface area (Å²) < 4.78 is 4.62. The molecule has 0 saturated carbocycles. The highest BCUT2D eigenvalue weighted by molar-refractivity contribution is 4.49. The largest absolute Gasteiger partial charge is 0.379 e. The first kappa shape index (κ1) is 5.96. The first-order valence-electron chi connectivity index (χ1n) is 2.05. The van der Waals surface area contributed by atoms with E-state index in [1.54, 1.807) is 13.7 Å². The summed E-state index contributed by atoms with van der Waals surface area (Å²) in [6.45, 7) is 5.36. The maximum absolute atomic E-state index is 4.62. The molecule has 0 rings (SSSR count). The lowest BCUT2D eigenvalue weighted by molar-refractivity contribution is 0.266. The van der Waals surface area contributed by atoms with Gasteiger partial charge in [-0.15, -0.1) is 0 Å². The molecule has 0 aliphatic rings. The SMILES string of the molecule is [CH2]CC[CH]OC. The molecule has 1 heteroatoms. The van der Waals surface area contributed by atoms with E-state index in [-0.39, 0.29) is 0 Å². The lowest BCUT2D eigenvalue weighted by atomic mass is 10.4. The van der Waals surface area contributed by atoms with E-state index in [1.165, 1.54) is 0 Å². The molecule has 0 aromatic heterocycles. The van der Waals surface area contributed by atoms with Crippen LogP contribution in [0.2, 0.25) is 0 Å². The minimum atomic E-state index is 0.924. The molecule has 0 aromatic rings. The van der Waals surface area contributed by atoms with E-state index in [0.29, 0.717) is 0 Å². The molecule has 1 nitrogen and oxygen atoms in total. The first-order chi connectivity index (χ1) is 2.91. The van der Waals surface area contributed by atoms with Crippen molar-refractivity contribution in [3.63, 3.8) is 0 Å². The second-order valence-electron chi connectivity index (χ2n) is 1.04. The zero-order valence-corrected chi connectivity index (χ0v) is 4.11. The van der Waals surface area contributed by atoms with Gasteiger partial charge in [-0.1, -0.05) is 13.3 Å². The molecule has 0 saturated heterocycles. The van der Waals surface area contributed by atoms with Crippen molar-refractivity contribution < 1.29 is 4.74 Å². The van der Waals surface area contributed by atoms with E-state index < -0.39 is 0 Å². The van der Waals surface area contributed by atoms with Crippen LogP contribution in [0.1, 0.15) is 12.8 Å². The number of hydrogen-bond donors (Lipinski definition) is 0. The highest BCUT2D eigenvalue weighted by atomic mass is 16.5. The van der Waals surface area contributed by atoms with Crippen LogP contribution >= 0.6 is 0 Å². The van der Waals surface area contributed by atoms with Gasteiger partial charge in [-0.25, -0.2) is 0 Å². The van der Waals surface area contributed by atoms with Crippen molar-refractivity contribution in [2.24, 2.45) is 0 Å². The Labute approximate surface area is 39.3 Å². The molecule has 0 N–H and O–H groups in total. The Morgan fingerprint density at radius 3 is 2.67 bits per heavy atom. The maximum atomic E-state index is 4.62. The molecule has 36 valence electrons. The Morgan fingerprint density at radius 2 is 2.50 bits per heavy atom. The molecule has 2 radical (unpaired) electrons. The highest BCUT2D eigenvalue weighted by Gasteiger charge is 1.76. The van der Waals surface area contributed by atoms with E-state index in [2.05, 4.69) is 11.7 Å². The molecule has 0 aliphatic carbocycles. The number of hydrogen-bond acceptors (Lipinski definition) is 1. The minimum Gasteiger partial charge on any atom is -0.379 e. The van der Waals surface area contributed by atoms with Crippen LogP contribution in [0.25, 0.3) is 0 Å². The van der Waals surface area contributed by atoms with Gasteiger partial charge in [0.25, 0.3) is 0 Å². The van der Waals surface area contributed by atoms with Gasteiger partial charge in [0.05, 0.1) is 6.61 Å². The summed E-state index contributed by atoms with van der Waals surface area (Å²) in [5, 5.41) is 0. The standard InChI is InChI=1S/C5H10O/c1-3-4-5-6-2/h5H,1,3-4H2,2H3. The summed E-state index contributed by atoms with van der Waals surface area (Å²) in [4.78, 5) is 0. The van der Waals surface area contributed by atoms with Gasteiger partial charge in [0, 0.05) is 7.11 Å². The highest BCUT2D eigenvalue weighted by Crippen LogP contribution is 1.88. The second-order valence-corrected chi connectivity index (χ2v) is 1.04. The topological polar surface area (TPSA) is 9.23 Å². The van der Waals surface area contributed by atoms with E-state index in [4.69, 9.17) is 0 Å². The van der Waals surface area contributed by atoms with Gasteiger partial charge in [-0.2, -0.15) is 0 Å². The third-order valence-electron chi connectivity index (χ3n) is 0.489. The quantitative estimate of drug-likeness (QED) is 0.472. The second kappa shape index (κ2) is 4.96. The van der Waals surface area contributed by atoms with Crippen molar-refractivity contribution in [3.05, 3.63) is 13.5 Å². The smallest absolute Gasteiger partial charge is 0.0832 e. The zero-order chi connectivity index (χ0) is 4.83. The van der Waals surface area contributed by atoms with Gasteiger partial charge >= 0.3 is 0 Å². The van der Waals surface area contributed by atoms with E-state index in [9.17, 15) is 0 Å². The fourth-order valence-electron chi connectivity index (χ4n) is 0.201. The van der Waals surface area contributed by atoms with Crippen LogP contribution in [-0.2, 0) is 4.74 Å². The average Bonchev–Trinajstić information content (AvgIpc) is 1.61. The average molecular weight is 86.1 g/mol. The lowest BCUT2D eigenvalue weighted by Crippen LogP contribution is -1.75. The summed E-state index contributed by atoms with van der Waals surface area (Å²) in [5.41, 5.74) is 0. The Bertz CT molecular complexity index is 15.9. The maximum Gasteiger partial charge on any atom is 0.0832 e. The zero-order valence-electron chi connectivity index (χ0n) is 4.11. The first-order valence-corrected chi connectivity index (χ1v) is 2.05. The van der Waals surface area contributed by atoms with E-state index in [0.717, 1.165) is 12.8 Å². The van der Waals surface area contributed by atoms with Crippen molar-refractivity contribution in [2.45, 2.75) is 12.8 Å². The Hall–Kier alpha value is -0.0400. The summed E-state index contributed by atoms with van der Waals surface area (Å²) in [6.07, 6.45) is 1.88. The summed E-state index contributed by atoms with van der Waals surface area (Å²) in [5.74, 6) is 0. The van der Waals surface area contributed by atoms with Gasteiger partial charge in [0.15, 0.2) is 0 Å². The Morgan fingerprint density at radius 1 is 1.83 bits per heavy atom. The van der Waals surface area contributed by atoms with Gasteiger partial charge in [-0.05, 0) is 6.42 Å². The lowest BCUT2D eigenvalue weighted by Gasteiger charge is -1.88. The molecule has 6 heavy (non-hydrogen) atoms. The van der Waals surface area contributed by atoms with Gasteiger partial charge in [-0.3, -0.25) is 0 Å². The van der Waals surface area contributed by atoms with Crippen molar-refractivity contribution in [1.29, 1.82) is 0 Å². The molecular weight excluding hydrogens is 76.1 g/mol. The number of unbranched alkanes of at least 4 members (excludes halogenated alkanes) is 1.